The fraction of sp³-hybridized carbons (Fsp3) is 0.550. The number of nitrogens with zero attached hydrogens (tertiary/aromatic N) is 5. The van der Waals surface area contributed by atoms with E-state index in [-0.39, 0.29) is 6.03 Å². The van der Waals surface area contributed by atoms with Crippen LogP contribution in [0.15, 0.2) is 24.3 Å². The molecule has 0 unspecified atom stereocenters. The number of anilines is 1. The molecule has 150 valence electrons. The minimum atomic E-state index is -0.0364. The van der Waals surface area contributed by atoms with Gasteiger partial charge in [-0.15, -0.1) is 10.2 Å². The van der Waals surface area contributed by atoms with E-state index in [4.69, 9.17) is 4.74 Å². The van der Waals surface area contributed by atoms with Crippen LogP contribution in [0, 0.1) is 0 Å². The Morgan fingerprint density at radius 1 is 1.07 bits per heavy atom. The second-order valence-electron chi connectivity index (χ2n) is 7.30. The van der Waals surface area contributed by atoms with Crippen molar-refractivity contribution in [2.24, 2.45) is 0 Å². The molecule has 1 aromatic heterocycles. The highest BCUT2D eigenvalue weighted by molar-refractivity contribution is 5.74. The summed E-state index contributed by atoms with van der Waals surface area (Å²) in [5.41, 5.74) is 1.08. The van der Waals surface area contributed by atoms with Crippen molar-refractivity contribution >= 4 is 11.7 Å². The van der Waals surface area contributed by atoms with Crippen molar-refractivity contribution in [1.29, 1.82) is 0 Å². The number of hydrogen-bond donors (Lipinski definition) is 1. The molecule has 28 heavy (non-hydrogen) atoms. The third kappa shape index (κ3) is 3.90. The minimum absolute atomic E-state index is 0.0364. The van der Waals surface area contributed by atoms with Crippen LogP contribution >= 0.6 is 0 Å². The normalized spacial score (nSPS) is 17.0. The number of amides is 2. The Labute approximate surface area is 165 Å². The predicted molar refractivity (Wildman–Crippen MR) is 107 cm³/mol. The van der Waals surface area contributed by atoms with Crippen molar-refractivity contribution in [2.75, 3.05) is 38.2 Å². The van der Waals surface area contributed by atoms with Gasteiger partial charge in [-0.1, -0.05) is 18.6 Å². The number of methoxy groups -OCH3 is 1. The van der Waals surface area contributed by atoms with Crippen LogP contribution in [0.4, 0.5) is 10.5 Å². The second-order valence-corrected chi connectivity index (χ2v) is 7.30. The summed E-state index contributed by atoms with van der Waals surface area (Å²) in [6, 6.07) is 7.97. The summed E-state index contributed by atoms with van der Waals surface area (Å²) in [6.45, 7) is 4.32. The van der Waals surface area contributed by atoms with E-state index < -0.39 is 0 Å². The molecule has 1 saturated heterocycles. The van der Waals surface area contributed by atoms with Gasteiger partial charge in [-0.25, -0.2) is 4.79 Å². The number of ether oxygens (including phenoxy) is 1. The Hall–Kier alpha value is -2.77. The van der Waals surface area contributed by atoms with E-state index in [9.17, 15) is 4.79 Å². The van der Waals surface area contributed by atoms with Crippen LogP contribution in [-0.2, 0) is 19.5 Å². The number of carbonyl (C=O) groups excluding carboxylic acids is 1. The van der Waals surface area contributed by atoms with Crippen molar-refractivity contribution in [3.8, 4) is 5.75 Å². The molecule has 4 rings (SSSR count). The summed E-state index contributed by atoms with van der Waals surface area (Å²) >= 11 is 0. The number of carbonyl (C=O) groups is 1. The maximum Gasteiger partial charge on any atom is 0.317 e. The Kier molecular flexibility index (Phi) is 5.64. The van der Waals surface area contributed by atoms with Gasteiger partial charge in [0.15, 0.2) is 5.82 Å². The molecule has 3 heterocycles. The minimum Gasteiger partial charge on any atom is -0.495 e. The SMILES string of the molecule is COc1ccccc1N1CCN(C(=O)NCc2nnc3n2CCCCC3)CC1. The lowest BCUT2D eigenvalue weighted by Gasteiger charge is -2.36. The third-order valence-electron chi connectivity index (χ3n) is 5.58. The fourth-order valence-corrected chi connectivity index (χ4v) is 3.98. The van der Waals surface area contributed by atoms with Gasteiger partial charge in [-0.2, -0.15) is 0 Å². The van der Waals surface area contributed by atoms with Gasteiger partial charge in [0, 0.05) is 39.1 Å². The molecule has 0 atom stereocenters. The number of aromatic nitrogens is 3. The van der Waals surface area contributed by atoms with Gasteiger partial charge in [0.05, 0.1) is 19.3 Å². The molecule has 2 amide bonds. The molecule has 2 aliphatic rings. The van der Waals surface area contributed by atoms with Gasteiger partial charge >= 0.3 is 6.03 Å². The second kappa shape index (κ2) is 8.50. The van der Waals surface area contributed by atoms with Crippen LogP contribution in [-0.4, -0.2) is 59.0 Å². The topological polar surface area (TPSA) is 75.5 Å². The summed E-state index contributed by atoms with van der Waals surface area (Å²) in [6.07, 6.45) is 4.52. The molecule has 8 heteroatoms. The first kappa shape index (κ1) is 18.6. The van der Waals surface area contributed by atoms with Crippen molar-refractivity contribution in [2.45, 2.75) is 38.8 Å². The molecule has 2 aliphatic heterocycles. The third-order valence-corrected chi connectivity index (χ3v) is 5.58. The lowest BCUT2D eigenvalue weighted by atomic mass is 10.2. The maximum atomic E-state index is 12.6. The number of nitrogens with one attached hydrogen (secondary N) is 1. The fourth-order valence-electron chi connectivity index (χ4n) is 3.98. The summed E-state index contributed by atoms with van der Waals surface area (Å²) in [5, 5.41) is 11.6. The number of aryl methyl sites for hydroxylation is 1. The molecular formula is C20H28N6O2. The molecular weight excluding hydrogens is 356 g/mol. The lowest BCUT2D eigenvalue weighted by molar-refractivity contribution is 0.193. The molecule has 8 nitrogen and oxygen atoms in total. The number of rotatable bonds is 4. The quantitative estimate of drug-likeness (QED) is 0.873. The zero-order valence-corrected chi connectivity index (χ0v) is 16.4. The van der Waals surface area contributed by atoms with E-state index >= 15 is 0 Å². The van der Waals surface area contributed by atoms with Gasteiger partial charge in [0.25, 0.3) is 0 Å². The standard InChI is InChI=1S/C20H28N6O2/c1-28-17-8-5-4-7-16(17)24-11-13-25(14-12-24)20(27)21-15-19-23-22-18-9-3-2-6-10-26(18)19/h4-5,7-8H,2-3,6,9-15H2,1H3,(H,21,27). The first-order chi connectivity index (χ1) is 13.8. The zero-order chi connectivity index (χ0) is 19.3. The Bertz CT molecular complexity index is 813. The van der Waals surface area contributed by atoms with E-state index in [0.717, 1.165) is 55.6 Å². The number of benzene rings is 1. The molecule has 2 aromatic rings. The van der Waals surface area contributed by atoms with Crippen LogP contribution in [0.5, 0.6) is 5.75 Å². The van der Waals surface area contributed by atoms with Gasteiger partial charge in [0.2, 0.25) is 0 Å². The number of fused-ring (bicyclic) bond motifs is 1. The summed E-state index contributed by atoms with van der Waals surface area (Å²) in [4.78, 5) is 16.7. The number of piperazine rings is 1. The summed E-state index contributed by atoms with van der Waals surface area (Å²) in [5.74, 6) is 2.78. The Morgan fingerprint density at radius 3 is 2.71 bits per heavy atom. The Balaban J connectivity index is 1.31. The first-order valence-corrected chi connectivity index (χ1v) is 10.1. The Morgan fingerprint density at radius 2 is 1.89 bits per heavy atom. The summed E-state index contributed by atoms with van der Waals surface area (Å²) in [7, 11) is 1.69. The van der Waals surface area contributed by atoms with Crippen molar-refractivity contribution in [3.05, 3.63) is 35.9 Å². The van der Waals surface area contributed by atoms with E-state index in [1.165, 1.54) is 12.8 Å². The predicted octanol–water partition coefficient (Wildman–Crippen LogP) is 2.04. The van der Waals surface area contributed by atoms with E-state index in [0.29, 0.717) is 19.6 Å². The van der Waals surface area contributed by atoms with Gasteiger partial charge in [0.1, 0.15) is 11.6 Å². The largest absolute Gasteiger partial charge is 0.495 e. The molecule has 1 aromatic carbocycles. The van der Waals surface area contributed by atoms with Crippen LogP contribution in [0.2, 0.25) is 0 Å². The van der Waals surface area contributed by atoms with E-state index in [1.54, 1.807) is 7.11 Å². The van der Waals surface area contributed by atoms with Crippen molar-refractivity contribution < 1.29 is 9.53 Å². The average molecular weight is 384 g/mol. The molecule has 0 aliphatic carbocycles. The van der Waals surface area contributed by atoms with Crippen molar-refractivity contribution in [1.82, 2.24) is 25.0 Å². The van der Waals surface area contributed by atoms with Crippen LogP contribution < -0.4 is 15.0 Å². The number of para-hydroxylation sites is 2. The highest BCUT2D eigenvalue weighted by Crippen LogP contribution is 2.28. The van der Waals surface area contributed by atoms with Crippen LogP contribution in [0.25, 0.3) is 0 Å². The van der Waals surface area contributed by atoms with E-state index in [1.807, 2.05) is 23.1 Å². The molecule has 0 spiro atoms. The monoisotopic (exact) mass is 384 g/mol. The number of urea groups is 1. The first-order valence-electron chi connectivity index (χ1n) is 10.1. The number of hydrogen-bond acceptors (Lipinski definition) is 5. The van der Waals surface area contributed by atoms with Gasteiger partial charge in [-0.05, 0) is 25.0 Å². The van der Waals surface area contributed by atoms with E-state index in [2.05, 4.69) is 31.0 Å². The molecule has 0 saturated carbocycles. The smallest absolute Gasteiger partial charge is 0.317 e. The van der Waals surface area contributed by atoms with Crippen LogP contribution in [0.3, 0.4) is 0 Å². The highest BCUT2D eigenvalue weighted by atomic mass is 16.5. The molecule has 0 radical (unpaired) electrons. The molecule has 1 fully saturated rings. The summed E-state index contributed by atoms with van der Waals surface area (Å²) < 4.78 is 7.63. The van der Waals surface area contributed by atoms with Crippen molar-refractivity contribution in [3.63, 3.8) is 0 Å². The highest BCUT2D eigenvalue weighted by Gasteiger charge is 2.23. The van der Waals surface area contributed by atoms with Gasteiger partial charge < -0.3 is 24.4 Å². The molecule has 1 N–H and O–H groups in total. The van der Waals surface area contributed by atoms with Crippen LogP contribution in [0.1, 0.15) is 30.9 Å². The zero-order valence-electron chi connectivity index (χ0n) is 16.4. The maximum absolute atomic E-state index is 12.6. The van der Waals surface area contributed by atoms with Gasteiger partial charge in [-0.3, -0.25) is 0 Å². The average Bonchev–Trinajstić information content (AvgIpc) is 2.98. The lowest BCUT2D eigenvalue weighted by Crippen LogP contribution is -2.51. The molecule has 0 bridgehead atoms.